The zero-order valence-corrected chi connectivity index (χ0v) is 56.4. The second kappa shape index (κ2) is 64.8. The van der Waals surface area contributed by atoms with Crippen LogP contribution in [0, 0.1) is 0 Å². The van der Waals surface area contributed by atoms with Crippen molar-refractivity contribution in [3.8, 4) is 0 Å². The summed E-state index contributed by atoms with van der Waals surface area (Å²) in [5.41, 5.74) is 0. The number of likely N-dealkylation sites (N-methyl/N-ethyl adjacent to an activating group) is 1. The minimum absolute atomic E-state index is 0.0169. The molecule has 0 radical (unpaired) electrons. The molecule has 0 aromatic rings. The van der Waals surface area contributed by atoms with Gasteiger partial charge in [-0.25, -0.2) is 0 Å². The predicted octanol–water partition coefficient (Wildman–Crippen LogP) is 21.7. The number of carbonyl (C=O) groups is 1. The Hall–Kier alpha value is -3.62. The number of rotatable bonds is 62. The number of amides is 1. The van der Waals surface area contributed by atoms with Gasteiger partial charge < -0.3 is 28.8 Å². The van der Waals surface area contributed by atoms with Crippen LogP contribution in [0.3, 0.4) is 0 Å². The molecule has 1 amide bonds. The van der Waals surface area contributed by atoms with E-state index in [-0.39, 0.29) is 12.5 Å². The summed E-state index contributed by atoms with van der Waals surface area (Å²) in [6.45, 7) is 4.51. The van der Waals surface area contributed by atoms with Gasteiger partial charge in [0.15, 0.2) is 0 Å². The third kappa shape index (κ3) is 67.7. The largest absolute Gasteiger partial charge is 0.756 e. The van der Waals surface area contributed by atoms with Gasteiger partial charge >= 0.3 is 0 Å². The summed E-state index contributed by atoms with van der Waals surface area (Å²) in [4.78, 5) is 25.6. The summed E-state index contributed by atoms with van der Waals surface area (Å²) in [6, 6.07) is -0.924. The van der Waals surface area contributed by atoms with E-state index >= 15 is 0 Å². The lowest BCUT2D eigenvalue weighted by Gasteiger charge is -2.29. The van der Waals surface area contributed by atoms with Crippen LogP contribution in [0.15, 0.2) is 146 Å². The first-order chi connectivity index (χ1) is 41.5. The number of unbranched alkanes of at least 4 members (excludes halogenated alkanes) is 27. The van der Waals surface area contributed by atoms with E-state index in [2.05, 4.69) is 153 Å². The molecule has 0 rings (SSSR count). The Kier molecular flexibility index (Phi) is 62.1. The van der Waals surface area contributed by atoms with Gasteiger partial charge in [-0.1, -0.05) is 307 Å². The van der Waals surface area contributed by atoms with Crippen LogP contribution in [0.25, 0.3) is 0 Å². The number of hydrogen-bond donors (Lipinski definition) is 2. The highest BCUT2D eigenvalue weighted by molar-refractivity contribution is 7.45. The first-order valence-electron chi connectivity index (χ1n) is 34.7. The van der Waals surface area contributed by atoms with Crippen molar-refractivity contribution in [3.63, 3.8) is 0 Å². The van der Waals surface area contributed by atoms with Crippen molar-refractivity contribution < 1.29 is 32.9 Å². The van der Waals surface area contributed by atoms with E-state index in [1.165, 1.54) is 128 Å². The molecule has 3 atom stereocenters. The van der Waals surface area contributed by atoms with Crippen molar-refractivity contribution in [1.82, 2.24) is 5.32 Å². The standard InChI is InChI=1S/C76H131N2O6P/c1-6-8-10-12-14-16-18-20-22-24-26-28-30-32-34-35-36-37-38-39-40-41-42-43-44-46-48-50-52-54-56-58-60-62-64-66-68-70-76(80)77-74(73-84-85(81,82)83-72-71-78(3,4)5)75(79)69-67-65-63-61-59-57-55-53-51-49-47-45-33-31-29-27-25-23-21-19-17-15-13-11-9-7-2/h8,10,14,16,20,22,26,28,32,34,36-37,39-40,42-43,46,48,52,54,59,61,67,69,74-75,79H,6-7,9,11-13,15,17-19,21,23-25,27,29-31,33,35,38,41,44-45,47,49-51,53,55-58,60,62-66,68,70-73H2,1-5H3,(H-,77,80,81,82)/b10-8-,16-14-,22-20-,28-26-,34-32-,37-36-,40-39-,43-42-,48-46-,54-52-,61-59+,69-67+. The smallest absolute Gasteiger partial charge is 0.268 e. The number of nitrogens with one attached hydrogen (secondary N) is 1. The fourth-order valence-corrected chi connectivity index (χ4v) is 10.2. The molecular weight excluding hydrogens is 1070 g/mol. The third-order valence-electron chi connectivity index (χ3n) is 14.8. The van der Waals surface area contributed by atoms with Gasteiger partial charge in [0.2, 0.25) is 5.91 Å². The number of nitrogens with zero attached hydrogens (tertiary/aromatic N) is 1. The molecule has 2 N–H and O–H groups in total. The number of aliphatic hydroxyl groups excluding tert-OH is 1. The highest BCUT2D eigenvalue weighted by Crippen LogP contribution is 2.38. The zero-order valence-electron chi connectivity index (χ0n) is 55.5. The highest BCUT2D eigenvalue weighted by Gasteiger charge is 2.23. The number of carbonyl (C=O) groups excluding carboxylic acids is 1. The summed E-state index contributed by atoms with van der Waals surface area (Å²) >= 11 is 0. The van der Waals surface area contributed by atoms with Gasteiger partial charge in [-0.3, -0.25) is 9.36 Å². The number of allylic oxidation sites excluding steroid dienone is 23. The molecule has 9 heteroatoms. The van der Waals surface area contributed by atoms with Crippen LogP contribution in [0.2, 0.25) is 0 Å². The van der Waals surface area contributed by atoms with Crippen LogP contribution < -0.4 is 10.2 Å². The summed E-state index contributed by atoms with van der Waals surface area (Å²) in [7, 11) is 1.22. The molecular formula is C76H131N2O6P. The van der Waals surface area contributed by atoms with Gasteiger partial charge in [0.25, 0.3) is 7.82 Å². The van der Waals surface area contributed by atoms with Crippen molar-refractivity contribution in [2.24, 2.45) is 0 Å². The van der Waals surface area contributed by atoms with Crippen LogP contribution in [0.1, 0.15) is 277 Å². The molecule has 486 valence electrons. The van der Waals surface area contributed by atoms with Crippen LogP contribution in [0.4, 0.5) is 0 Å². The molecule has 0 saturated heterocycles. The maximum Gasteiger partial charge on any atom is 0.268 e. The first kappa shape index (κ1) is 81.4. The van der Waals surface area contributed by atoms with Crippen molar-refractivity contribution in [1.29, 1.82) is 0 Å². The molecule has 0 aliphatic heterocycles. The molecule has 0 aromatic carbocycles. The second-order valence-electron chi connectivity index (χ2n) is 24.1. The van der Waals surface area contributed by atoms with Crippen LogP contribution in [-0.2, 0) is 18.4 Å². The Morgan fingerprint density at radius 3 is 1.09 bits per heavy atom. The first-order valence-corrected chi connectivity index (χ1v) is 36.2. The molecule has 0 spiro atoms. The van der Waals surface area contributed by atoms with Crippen molar-refractivity contribution >= 4 is 13.7 Å². The molecule has 85 heavy (non-hydrogen) atoms. The Bertz CT molecular complexity index is 1900. The topological polar surface area (TPSA) is 108 Å². The van der Waals surface area contributed by atoms with Gasteiger partial charge in [-0.05, 0) is 109 Å². The molecule has 0 bridgehead atoms. The van der Waals surface area contributed by atoms with Crippen molar-refractivity contribution in [2.75, 3.05) is 40.9 Å². The Labute approximate surface area is 525 Å². The Balaban J connectivity index is 4.22. The van der Waals surface area contributed by atoms with E-state index in [1.807, 2.05) is 27.2 Å². The minimum atomic E-state index is -4.63. The lowest BCUT2D eigenvalue weighted by molar-refractivity contribution is -0.870. The number of aliphatic hydroxyl groups is 1. The van der Waals surface area contributed by atoms with Gasteiger partial charge in [0.05, 0.1) is 39.9 Å². The molecule has 3 unspecified atom stereocenters. The lowest BCUT2D eigenvalue weighted by Crippen LogP contribution is -2.45. The van der Waals surface area contributed by atoms with E-state index in [4.69, 9.17) is 9.05 Å². The van der Waals surface area contributed by atoms with E-state index in [9.17, 15) is 19.4 Å². The summed E-state index contributed by atoms with van der Waals surface area (Å²) in [5, 5.41) is 13.9. The normalized spacial score (nSPS) is 14.6. The molecule has 0 heterocycles. The maximum atomic E-state index is 13.0. The Morgan fingerprint density at radius 1 is 0.424 bits per heavy atom. The summed E-state index contributed by atoms with van der Waals surface area (Å²) in [6.07, 6.45) is 99.6. The third-order valence-corrected chi connectivity index (χ3v) is 15.7. The molecule has 0 aliphatic carbocycles. The van der Waals surface area contributed by atoms with Crippen LogP contribution in [-0.4, -0.2) is 68.5 Å². The fourth-order valence-electron chi connectivity index (χ4n) is 9.43. The van der Waals surface area contributed by atoms with Gasteiger partial charge in [-0.2, -0.15) is 0 Å². The average molecular weight is 1200 g/mol. The van der Waals surface area contributed by atoms with E-state index in [1.54, 1.807) is 6.08 Å². The number of hydrogen-bond acceptors (Lipinski definition) is 6. The average Bonchev–Trinajstić information content (AvgIpc) is 3.49. The Morgan fingerprint density at radius 2 is 0.729 bits per heavy atom. The van der Waals surface area contributed by atoms with Gasteiger partial charge in [0, 0.05) is 6.42 Å². The lowest BCUT2D eigenvalue weighted by atomic mass is 10.0. The van der Waals surface area contributed by atoms with E-state index in [0.29, 0.717) is 17.4 Å². The summed E-state index contributed by atoms with van der Waals surface area (Å²) in [5.74, 6) is -0.225. The molecule has 0 aromatic heterocycles. The fraction of sp³-hybridized carbons (Fsp3) is 0.671. The summed E-state index contributed by atoms with van der Waals surface area (Å²) < 4.78 is 23.4. The molecule has 8 nitrogen and oxygen atoms in total. The molecule has 0 saturated carbocycles. The van der Waals surface area contributed by atoms with Crippen LogP contribution >= 0.6 is 7.82 Å². The number of quaternary nitrogens is 1. The SMILES string of the molecule is CC/C=C\C/C=C\C/C=C\C/C=C\C/C=C\C/C=C\C/C=C\C/C=C\C/C=C\C/C=C\CCCCCCCCC(=O)NC(COP(=O)([O-])OCC[N+](C)(C)C)C(O)/C=C/CC/C=C/CCCCCCCCCCCCCCCCCCCCCC. The molecule has 0 aliphatic rings. The highest BCUT2D eigenvalue weighted by atomic mass is 31.2. The van der Waals surface area contributed by atoms with Crippen LogP contribution in [0.5, 0.6) is 0 Å². The second-order valence-corrected chi connectivity index (χ2v) is 25.6. The quantitative estimate of drug-likeness (QED) is 0.0272. The number of phosphoric ester groups is 1. The van der Waals surface area contributed by atoms with E-state index in [0.717, 1.165) is 128 Å². The number of phosphoric acid groups is 1. The van der Waals surface area contributed by atoms with Gasteiger partial charge in [-0.15, -0.1) is 0 Å². The van der Waals surface area contributed by atoms with Crippen molar-refractivity contribution in [3.05, 3.63) is 146 Å². The minimum Gasteiger partial charge on any atom is -0.756 e. The van der Waals surface area contributed by atoms with E-state index < -0.39 is 26.6 Å². The maximum absolute atomic E-state index is 13.0. The van der Waals surface area contributed by atoms with Crippen molar-refractivity contribution in [2.45, 2.75) is 289 Å². The molecule has 0 fully saturated rings. The predicted molar refractivity (Wildman–Crippen MR) is 371 cm³/mol. The zero-order chi connectivity index (χ0) is 61.9. The van der Waals surface area contributed by atoms with Gasteiger partial charge in [0.1, 0.15) is 13.2 Å². The monoisotopic (exact) mass is 1200 g/mol.